The van der Waals surface area contributed by atoms with Crippen molar-refractivity contribution in [2.45, 2.75) is 51.1 Å². The third-order valence-corrected chi connectivity index (χ3v) is 4.21. The molecule has 1 amide bonds. The van der Waals surface area contributed by atoms with Crippen LogP contribution in [0.4, 0.5) is 4.79 Å². The molecule has 1 atom stereocenters. The molecule has 0 saturated carbocycles. The lowest BCUT2D eigenvalue weighted by molar-refractivity contribution is 0.0159. The largest absolute Gasteiger partial charge is 0.444 e. The van der Waals surface area contributed by atoms with E-state index in [1.807, 2.05) is 25.7 Å². The molecule has 0 radical (unpaired) electrons. The van der Waals surface area contributed by atoms with Crippen molar-refractivity contribution in [1.82, 2.24) is 4.90 Å². The molecule has 1 aromatic carbocycles. The number of ether oxygens (including phenoxy) is 1. The molecule has 1 unspecified atom stereocenters. The molecule has 1 aliphatic heterocycles. The first kappa shape index (κ1) is 15.4. The van der Waals surface area contributed by atoms with Crippen LogP contribution in [0.2, 0.25) is 0 Å². The van der Waals surface area contributed by atoms with Crippen LogP contribution in [0, 0.1) is 0 Å². The summed E-state index contributed by atoms with van der Waals surface area (Å²) in [6.07, 6.45) is 0.667. The number of amides is 1. The SMILES string of the molecule is CC1c2cccc(CBr)c2CCN1C(=O)OC(C)(C)C. The molecule has 0 aliphatic carbocycles. The van der Waals surface area contributed by atoms with Gasteiger partial charge in [-0.05, 0) is 50.8 Å². The van der Waals surface area contributed by atoms with Crippen LogP contribution in [0.1, 0.15) is 50.4 Å². The number of rotatable bonds is 1. The third-order valence-electron chi connectivity index (χ3n) is 3.60. The van der Waals surface area contributed by atoms with E-state index in [1.54, 1.807) is 0 Å². The van der Waals surface area contributed by atoms with Crippen molar-refractivity contribution >= 4 is 22.0 Å². The summed E-state index contributed by atoms with van der Waals surface area (Å²) < 4.78 is 5.50. The van der Waals surface area contributed by atoms with Crippen molar-refractivity contribution in [2.24, 2.45) is 0 Å². The first-order valence-corrected chi connectivity index (χ1v) is 8.12. The van der Waals surface area contributed by atoms with Gasteiger partial charge in [-0.25, -0.2) is 4.79 Å². The molecule has 1 aromatic rings. The minimum absolute atomic E-state index is 0.0626. The van der Waals surface area contributed by atoms with Crippen molar-refractivity contribution < 1.29 is 9.53 Å². The first-order chi connectivity index (χ1) is 9.33. The molecule has 1 heterocycles. The monoisotopic (exact) mass is 339 g/mol. The lowest BCUT2D eigenvalue weighted by Gasteiger charge is -2.37. The number of alkyl halides is 1. The van der Waals surface area contributed by atoms with E-state index >= 15 is 0 Å². The second-order valence-corrected chi connectivity index (χ2v) is 6.78. The Bertz CT molecular complexity index is 508. The molecule has 4 heteroatoms. The summed E-state index contributed by atoms with van der Waals surface area (Å²) in [5, 5.41) is 0.856. The highest BCUT2D eigenvalue weighted by atomic mass is 79.9. The molecule has 0 bridgehead atoms. The molecule has 2 rings (SSSR count). The number of nitrogens with zero attached hydrogens (tertiary/aromatic N) is 1. The average molecular weight is 340 g/mol. The van der Waals surface area contributed by atoms with Gasteiger partial charge in [0.25, 0.3) is 0 Å². The van der Waals surface area contributed by atoms with Crippen molar-refractivity contribution in [3.05, 3.63) is 34.9 Å². The van der Waals surface area contributed by atoms with E-state index in [0.29, 0.717) is 6.54 Å². The zero-order valence-electron chi connectivity index (χ0n) is 12.6. The van der Waals surface area contributed by atoms with Gasteiger partial charge in [0.05, 0.1) is 6.04 Å². The molecule has 0 saturated heterocycles. The van der Waals surface area contributed by atoms with Crippen LogP contribution >= 0.6 is 15.9 Å². The molecule has 110 valence electrons. The summed E-state index contributed by atoms with van der Waals surface area (Å²) >= 11 is 3.54. The van der Waals surface area contributed by atoms with Gasteiger partial charge >= 0.3 is 6.09 Å². The van der Waals surface area contributed by atoms with Crippen LogP contribution in [0.25, 0.3) is 0 Å². The Morgan fingerprint density at radius 1 is 1.45 bits per heavy atom. The molecule has 3 nitrogen and oxygen atoms in total. The van der Waals surface area contributed by atoms with Gasteiger partial charge in [0.2, 0.25) is 0 Å². The van der Waals surface area contributed by atoms with E-state index in [2.05, 4.69) is 41.1 Å². The van der Waals surface area contributed by atoms with Crippen LogP contribution in [0.5, 0.6) is 0 Å². The number of halogens is 1. The second kappa shape index (κ2) is 5.76. The van der Waals surface area contributed by atoms with E-state index < -0.39 is 5.60 Å². The number of hydrogen-bond acceptors (Lipinski definition) is 2. The van der Waals surface area contributed by atoms with Crippen molar-refractivity contribution in [3.8, 4) is 0 Å². The molecular formula is C16H22BrNO2. The Balaban J connectivity index is 2.24. The highest BCUT2D eigenvalue weighted by Crippen LogP contribution is 2.33. The average Bonchev–Trinajstić information content (AvgIpc) is 2.36. The molecule has 0 aromatic heterocycles. The number of carbonyl (C=O) groups is 1. The van der Waals surface area contributed by atoms with Gasteiger partial charge in [-0.1, -0.05) is 34.1 Å². The lowest BCUT2D eigenvalue weighted by atomic mass is 9.90. The predicted octanol–water partition coefficient (Wildman–Crippen LogP) is 4.44. The summed E-state index contributed by atoms with van der Waals surface area (Å²) in [5.74, 6) is 0. The zero-order valence-corrected chi connectivity index (χ0v) is 14.2. The molecule has 0 spiro atoms. The van der Waals surface area contributed by atoms with Crippen LogP contribution in [0.15, 0.2) is 18.2 Å². The Hall–Kier alpha value is -1.03. The van der Waals surface area contributed by atoms with Gasteiger partial charge in [0.15, 0.2) is 0 Å². The van der Waals surface area contributed by atoms with Crippen LogP contribution < -0.4 is 0 Å². The third kappa shape index (κ3) is 3.17. The Labute approximate surface area is 129 Å². The fourth-order valence-corrected chi connectivity index (χ4v) is 3.17. The maximum atomic E-state index is 12.3. The van der Waals surface area contributed by atoms with E-state index in [0.717, 1.165) is 11.8 Å². The fourth-order valence-electron chi connectivity index (χ4n) is 2.64. The minimum Gasteiger partial charge on any atom is -0.444 e. The number of hydrogen-bond donors (Lipinski definition) is 0. The van der Waals surface area contributed by atoms with Gasteiger partial charge in [0.1, 0.15) is 5.60 Å². The molecule has 20 heavy (non-hydrogen) atoms. The Kier molecular flexibility index (Phi) is 4.43. The smallest absolute Gasteiger partial charge is 0.410 e. The standard InChI is InChI=1S/C16H22BrNO2/c1-11-13-7-5-6-12(10-17)14(13)8-9-18(11)15(19)20-16(2,3)4/h5-7,11H,8-10H2,1-4H3. The second-order valence-electron chi connectivity index (χ2n) is 6.22. The first-order valence-electron chi connectivity index (χ1n) is 6.99. The van der Waals surface area contributed by atoms with Crippen LogP contribution in [-0.2, 0) is 16.5 Å². The lowest BCUT2D eigenvalue weighted by Crippen LogP contribution is -2.42. The van der Waals surface area contributed by atoms with E-state index in [4.69, 9.17) is 4.74 Å². The van der Waals surface area contributed by atoms with Crippen LogP contribution in [0.3, 0.4) is 0 Å². The summed E-state index contributed by atoms with van der Waals surface area (Å²) in [7, 11) is 0. The van der Waals surface area contributed by atoms with Crippen LogP contribution in [-0.4, -0.2) is 23.1 Å². The molecule has 0 N–H and O–H groups in total. The van der Waals surface area contributed by atoms with Crippen molar-refractivity contribution in [3.63, 3.8) is 0 Å². The van der Waals surface area contributed by atoms with Crippen molar-refractivity contribution in [2.75, 3.05) is 6.54 Å². The molecule has 0 fully saturated rings. The van der Waals surface area contributed by atoms with Gasteiger partial charge in [-0.15, -0.1) is 0 Å². The Morgan fingerprint density at radius 3 is 2.75 bits per heavy atom. The quantitative estimate of drug-likeness (QED) is 0.708. The van der Waals surface area contributed by atoms with Gasteiger partial charge in [-0.3, -0.25) is 0 Å². The minimum atomic E-state index is -0.450. The number of carbonyl (C=O) groups excluding carboxylic acids is 1. The van der Waals surface area contributed by atoms with E-state index in [1.165, 1.54) is 16.7 Å². The summed E-state index contributed by atoms with van der Waals surface area (Å²) in [6, 6.07) is 6.38. The topological polar surface area (TPSA) is 29.5 Å². The maximum Gasteiger partial charge on any atom is 0.410 e. The van der Waals surface area contributed by atoms with Crippen molar-refractivity contribution in [1.29, 1.82) is 0 Å². The van der Waals surface area contributed by atoms with E-state index in [-0.39, 0.29) is 12.1 Å². The molecular weight excluding hydrogens is 318 g/mol. The predicted molar refractivity (Wildman–Crippen MR) is 84.1 cm³/mol. The summed E-state index contributed by atoms with van der Waals surface area (Å²) in [4.78, 5) is 14.1. The van der Waals surface area contributed by atoms with Gasteiger partial charge in [0, 0.05) is 11.9 Å². The Morgan fingerprint density at radius 2 is 2.15 bits per heavy atom. The highest BCUT2D eigenvalue weighted by molar-refractivity contribution is 9.08. The fraction of sp³-hybridized carbons (Fsp3) is 0.562. The zero-order chi connectivity index (χ0) is 14.9. The highest BCUT2D eigenvalue weighted by Gasteiger charge is 2.31. The maximum absolute atomic E-state index is 12.3. The van der Waals surface area contributed by atoms with Gasteiger partial charge in [-0.2, -0.15) is 0 Å². The summed E-state index contributed by atoms with van der Waals surface area (Å²) in [6.45, 7) is 8.48. The number of fused-ring (bicyclic) bond motifs is 1. The summed E-state index contributed by atoms with van der Waals surface area (Å²) in [5.41, 5.74) is 3.48. The molecule has 1 aliphatic rings. The number of benzene rings is 1. The van der Waals surface area contributed by atoms with E-state index in [9.17, 15) is 4.79 Å². The normalized spacial score (nSPS) is 18.6. The van der Waals surface area contributed by atoms with Gasteiger partial charge < -0.3 is 9.64 Å².